The first-order valence-electron chi connectivity index (χ1n) is 7.39. The van der Waals surface area contributed by atoms with Crippen LogP contribution in [-0.2, 0) is 0 Å². The van der Waals surface area contributed by atoms with E-state index in [1.807, 2.05) is 0 Å². The SMILES string of the molecule is C#CC[C@H](C)CC[C@@H](C)C[C@@H](C)CCC(C)C. The summed E-state index contributed by atoms with van der Waals surface area (Å²) >= 11 is 0. The fourth-order valence-electron chi connectivity index (χ4n) is 2.41. The van der Waals surface area contributed by atoms with Crippen LogP contribution in [0.2, 0.25) is 0 Å². The molecule has 0 rings (SSSR count). The topological polar surface area (TPSA) is 0 Å². The Morgan fingerprint density at radius 2 is 1.24 bits per heavy atom. The van der Waals surface area contributed by atoms with Crippen molar-refractivity contribution in [3.8, 4) is 12.3 Å². The average Bonchev–Trinajstić information content (AvgIpc) is 2.24. The molecule has 0 heterocycles. The standard InChI is InChI=1S/C17H32/c1-7-8-15(4)11-12-17(6)13-16(5)10-9-14(2)3/h1,14-17H,8-13H2,2-6H3/t15-,16-,17+/m0/s1. The van der Waals surface area contributed by atoms with Gasteiger partial charge in [0.25, 0.3) is 0 Å². The van der Waals surface area contributed by atoms with Crippen LogP contribution in [0.25, 0.3) is 0 Å². The average molecular weight is 236 g/mol. The van der Waals surface area contributed by atoms with Gasteiger partial charge in [-0.05, 0) is 36.5 Å². The summed E-state index contributed by atoms with van der Waals surface area (Å²) in [6, 6.07) is 0. The zero-order chi connectivity index (χ0) is 13.3. The Kier molecular flexibility index (Phi) is 9.33. The molecule has 0 aromatic heterocycles. The van der Waals surface area contributed by atoms with Crippen LogP contribution in [0.1, 0.15) is 73.1 Å². The van der Waals surface area contributed by atoms with E-state index in [-0.39, 0.29) is 0 Å². The third-order valence-corrected chi connectivity index (χ3v) is 3.66. The van der Waals surface area contributed by atoms with Crippen molar-refractivity contribution in [3.05, 3.63) is 0 Å². The van der Waals surface area contributed by atoms with Gasteiger partial charge in [-0.3, -0.25) is 0 Å². The Bertz CT molecular complexity index is 209. The van der Waals surface area contributed by atoms with Gasteiger partial charge in [0.15, 0.2) is 0 Å². The van der Waals surface area contributed by atoms with Gasteiger partial charge >= 0.3 is 0 Å². The molecule has 17 heavy (non-hydrogen) atoms. The molecule has 0 aliphatic rings. The highest BCUT2D eigenvalue weighted by atomic mass is 14.2. The second-order valence-corrected chi connectivity index (χ2v) is 6.51. The molecule has 0 saturated carbocycles. The van der Waals surface area contributed by atoms with Crippen molar-refractivity contribution in [2.24, 2.45) is 23.7 Å². The van der Waals surface area contributed by atoms with E-state index in [0.717, 1.165) is 24.2 Å². The lowest BCUT2D eigenvalue weighted by molar-refractivity contribution is 0.335. The molecule has 0 N–H and O–H groups in total. The Morgan fingerprint density at radius 1 is 0.765 bits per heavy atom. The first-order chi connectivity index (χ1) is 7.95. The third kappa shape index (κ3) is 10.4. The van der Waals surface area contributed by atoms with Crippen molar-refractivity contribution in [3.63, 3.8) is 0 Å². The molecular formula is C17H32. The second kappa shape index (κ2) is 9.58. The Hall–Kier alpha value is -0.440. The van der Waals surface area contributed by atoms with Crippen molar-refractivity contribution < 1.29 is 0 Å². The fourth-order valence-corrected chi connectivity index (χ4v) is 2.41. The summed E-state index contributed by atoms with van der Waals surface area (Å²) in [5.41, 5.74) is 0. The molecule has 0 nitrogen and oxygen atoms in total. The molecule has 0 aliphatic heterocycles. The monoisotopic (exact) mass is 236 g/mol. The molecule has 0 fully saturated rings. The van der Waals surface area contributed by atoms with E-state index in [4.69, 9.17) is 6.42 Å². The predicted octanol–water partition coefficient (Wildman–Crippen LogP) is 5.52. The van der Waals surface area contributed by atoms with Crippen LogP contribution < -0.4 is 0 Å². The Labute approximate surface area is 110 Å². The molecule has 0 heteroatoms. The summed E-state index contributed by atoms with van der Waals surface area (Å²) in [5, 5.41) is 0. The minimum Gasteiger partial charge on any atom is -0.120 e. The van der Waals surface area contributed by atoms with E-state index in [0.29, 0.717) is 5.92 Å². The largest absolute Gasteiger partial charge is 0.120 e. The normalized spacial score (nSPS) is 16.5. The molecule has 3 atom stereocenters. The van der Waals surface area contributed by atoms with Crippen LogP contribution in [0.15, 0.2) is 0 Å². The van der Waals surface area contributed by atoms with E-state index in [1.165, 1.54) is 32.1 Å². The summed E-state index contributed by atoms with van der Waals surface area (Å²) in [4.78, 5) is 0. The predicted molar refractivity (Wildman–Crippen MR) is 78.9 cm³/mol. The third-order valence-electron chi connectivity index (χ3n) is 3.66. The molecule has 0 radical (unpaired) electrons. The minimum absolute atomic E-state index is 0.702. The maximum atomic E-state index is 5.33. The maximum absolute atomic E-state index is 5.33. The van der Waals surface area contributed by atoms with E-state index in [9.17, 15) is 0 Å². The smallest absolute Gasteiger partial charge is 0.0112 e. The zero-order valence-corrected chi connectivity index (χ0v) is 12.6. The van der Waals surface area contributed by atoms with Gasteiger partial charge in [-0.15, -0.1) is 12.3 Å². The van der Waals surface area contributed by atoms with Crippen LogP contribution in [-0.4, -0.2) is 0 Å². The van der Waals surface area contributed by atoms with Gasteiger partial charge in [0.2, 0.25) is 0 Å². The molecule has 100 valence electrons. The molecule has 0 aliphatic carbocycles. The van der Waals surface area contributed by atoms with Gasteiger partial charge in [0.05, 0.1) is 0 Å². The highest BCUT2D eigenvalue weighted by Crippen LogP contribution is 2.24. The van der Waals surface area contributed by atoms with Crippen LogP contribution in [0.4, 0.5) is 0 Å². The Morgan fingerprint density at radius 3 is 1.71 bits per heavy atom. The quantitative estimate of drug-likeness (QED) is 0.462. The van der Waals surface area contributed by atoms with Gasteiger partial charge in [0, 0.05) is 6.42 Å². The second-order valence-electron chi connectivity index (χ2n) is 6.51. The van der Waals surface area contributed by atoms with Gasteiger partial charge in [-0.25, -0.2) is 0 Å². The van der Waals surface area contributed by atoms with Gasteiger partial charge in [-0.1, -0.05) is 53.9 Å². The first-order valence-corrected chi connectivity index (χ1v) is 7.39. The van der Waals surface area contributed by atoms with E-state index in [2.05, 4.69) is 40.5 Å². The molecule has 0 spiro atoms. The van der Waals surface area contributed by atoms with Crippen molar-refractivity contribution in [2.45, 2.75) is 73.1 Å². The van der Waals surface area contributed by atoms with Crippen LogP contribution in [0.3, 0.4) is 0 Å². The summed E-state index contributed by atoms with van der Waals surface area (Å²) in [6.07, 6.45) is 13.1. The number of rotatable bonds is 9. The van der Waals surface area contributed by atoms with Crippen molar-refractivity contribution >= 4 is 0 Å². The summed E-state index contributed by atoms with van der Waals surface area (Å²) < 4.78 is 0. The van der Waals surface area contributed by atoms with Crippen LogP contribution in [0, 0.1) is 36.0 Å². The van der Waals surface area contributed by atoms with Crippen molar-refractivity contribution in [1.29, 1.82) is 0 Å². The first kappa shape index (κ1) is 16.6. The van der Waals surface area contributed by atoms with Crippen LogP contribution >= 0.6 is 0 Å². The molecule has 0 saturated heterocycles. The summed E-state index contributed by atoms with van der Waals surface area (Å²) in [5.74, 6) is 6.06. The molecule has 0 aromatic rings. The molecule has 0 amide bonds. The molecule has 0 unspecified atom stereocenters. The highest BCUT2D eigenvalue weighted by Gasteiger charge is 2.11. The minimum atomic E-state index is 0.702. The molecular weight excluding hydrogens is 204 g/mol. The zero-order valence-electron chi connectivity index (χ0n) is 12.6. The van der Waals surface area contributed by atoms with Crippen molar-refractivity contribution in [2.75, 3.05) is 0 Å². The van der Waals surface area contributed by atoms with Gasteiger partial charge < -0.3 is 0 Å². The molecule has 0 aromatic carbocycles. The maximum Gasteiger partial charge on any atom is 0.0112 e. The lowest BCUT2D eigenvalue weighted by atomic mass is 9.87. The lowest BCUT2D eigenvalue weighted by Crippen LogP contribution is -2.06. The number of hydrogen-bond acceptors (Lipinski definition) is 0. The van der Waals surface area contributed by atoms with Gasteiger partial charge in [0.1, 0.15) is 0 Å². The van der Waals surface area contributed by atoms with E-state index < -0.39 is 0 Å². The van der Waals surface area contributed by atoms with E-state index >= 15 is 0 Å². The highest BCUT2D eigenvalue weighted by molar-refractivity contribution is 4.85. The summed E-state index contributed by atoms with van der Waals surface area (Å²) in [6.45, 7) is 11.7. The van der Waals surface area contributed by atoms with E-state index in [1.54, 1.807) is 0 Å². The number of terminal acetylenes is 1. The summed E-state index contributed by atoms with van der Waals surface area (Å²) in [7, 11) is 0. The van der Waals surface area contributed by atoms with Gasteiger partial charge in [-0.2, -0.15) is 0 Å². The number of hydrogen-bond donors (Lipinski definition) is 0. The molecule has 0 bridgehead atoms. The van der Waals surface area contributed by atoms with Crippen molar-refractivity contribution in [1.82, 2.24) is 0 Å². The lowest BCUT2D eigenvalue weighted by Gasteiger charge is -2.19. The fraction of sp³-hybridized carbons (Fsp3) is 0.882. The van der Waals surface area contributed by atoms with Crippen LogP contribution in [0.5, 0.6) is 0 Å². The Balaban J connectivity index is 3.63.